The minimum absolute atomic E-state index is 0.0847. The monoisotopic (exact) mass is 354 g/mol. The zero-order chi connectivity index (χ0) is 19.1. The number of methoxy groups -OCH3 is 1. The number of hydrogen-bond donors (Lipinski definition) is 2. The number of amides is 1. The number of hydrogen-bond acceptors (Lipinski definition) is 3. The largest absolute Gasteiger partial charge is 0.495 e. The fraction of sp³-hybridized carbons (Fsp3) is 0.409. The molecule has 1 amide bonds. The Morgan fingerprint density at radius 3 is 2.27 bits per heavy atom. The van der Waals surface area contributed by atoms with Crippen LogP contribution in [0.2, 0.25) is 0 Å². The van der Waals surface area contributed by atoms with Crippen molar-refractivity contribution < 1.29 is 9.53 Å². The minimum Gasteiger partial charge on any atom is -0.495 e. The lowest BCUT2D eigenvalue weighted by molar-refractivity contribution is -0.117. The number of ether oxygens (including phenoxy) is 1. The van der Waals surface area contributed by atoms with Crippen molar-refractivity contribution in [2.75, 3.05) is 12.4 Å². The summed E-state index contributed by atoms with van der Waals surface area (Å²) < 4.78 is 5.28. The quantitative estimate of drug-likeness (QED) is 0.730. The highest BCUT2D eigenvalue weighted by Gasteiger charge is 2.17. The molecule has 0 bridgehead atoms. The summed E-state index contributed by atoms with van der Waals surface area (Å²) >= 11 is 0. The Hall–Kier alpha value is -2.33. The molecule has 0 heterocycles. The summed E-state index contributed by atoms with van der Waals surface area (Å²) in [6.45, 7) is 8.39. The lowest BCUT2D eigenvalue weighted by atomic mass is 9.99. The van der Waals surface area contributed by atoms with Gasteiger partial charge in [0.1, 0.15) is 5.75 Å². The first-order valence-corrected chi connectivity index (χ1v) is 9.19. The van der Waals surface area contributed by atoms with Crippen LogP contribution < -0.4 is 15.4 Å². The van der Waals surface area contributed by atoms with E-state index >= 15 is 0 Å². The molecule has 4 heteroatoms. The minimum atomic E-state index is -0.328. The average Bonchev–Trinajstić information content (AvgIpc) is 2.62. The SMILES string of the molecule is COc1ccccc1NC(=O)[C@H](C)N[C@@H](C)c1ccc(CC(C)C)cc1. The molecule has 2 N–H and O–H groups in total. The van der Waals surface area contributed by atoms with E-state index in [1.807, 2.05) is 31.2 Å². The molecule has 0 saturated carbocycles. The highest BCUT2D eigenvalue weighted by atomic mass is 16.5. The standard InChI is InChI=1S/C22H30N2O2/c1-15(2)14-18-10-12-19(13-11-18)16(3)23-17(4)22(25)24-20-8-6-7-9-21(20)26-5/h6-13,15-17,23H,14H2,1-5H3,(H,24,25)/t16-,17-/m0/s1. The van der Waals surface area contributed by atoms with Crippen LogP contribution in [0.3, 0.4) is 0 Å². The highest BCUT2D eigenvalue weighted by Crippen LogP contribution is 2.23. The van der Waals surface area contributed by atoms with Gasteiger partial charge in [-0.1, -0.05) is 50.2 Å². The van der Waals surface area contributed by atoms with Gasteiger partial charge in [-0.25, -0.2) is 0 Å². The first-order valence-electron chi connectivity index (χ1n) is 9.19. The molecule has 2 aromatic carbocycles. The highest BCUT2D eigenvalue weighted by molar-refractivity contribution is 5.95. The van der Waals surface area contributed by atoms with Gasteiger partial charge in [-0.3, -0.25) is 10.1 Å². The molecule has 0 radical (unpaired) electrons. The van der Waals surface area contributed by atoms with Crippen LogP contribution in [0.25, 0.3) is 0 Å². The van der Waals surface area contributed by atoms with Gasteiger partial charge < -0.3 is 10.1 Å². The van der Waals surface area contributed by atoms with Gasteiger partial charge in [0, 0.05) is 6.04 Å². The van der Waals surface area contributed by atoms with Crippen LogP contribution in [0.15, 0.2) is 48.5 Å². The first kappa shape index (κ1) is 20.0. The molecule has 0 fully saturated rings. The molecular weight excluding hydrogens is 324 g/mol. The van der Waals surface area contributed by atoms with E-state index in [0.717, 1.165) is 6.42 Å². The summed E-state index contributed by atoms with van der Waals surface area (Å²) in [5.74, 6) is 1.22. The van der Waals surface area contributed by atoms with Gasteiger partial charge in [0.2, 0.25) is 5.91 Å². The average molecular weight is 354 g/mol. The Morgan fingerprint density at radius 2 is 1.65 bits per heavy atom. The van der Waals surface area contributed by atoms with Crippen LogP contribution in [0.4, 0.5) is 5.69 Å². The van der Waals surface area contributed by atoms with Gasteiger partial charge in [0.05, 0.1) is 18.8 Å². The van der Waals surface area contributed by atoms with Crippen molar-refractivity contribution in [3.8, 4) is 5.75 Å². The first-order chi connectivity index (χ1) is 12.4. The lowest BCUT2D eigenvalue weighted by Gasteiger charge is -2.21. The van der Waals surface area contributed by atoms with Gasteiger partial charge in [-0.15, -0.1) is 0 Å². The van der Waals surface area contributed by atoms with Gasteiger partial charge in [0.15, 0.2) is 0 Å². The van der Waals surface area contributed by atoms with Crippen LogP contribution in [-0.4, -0.2) is 19.1 Å². The van der Waals surface area contributed by atoms with Crippen LogP contribution in [0.5, 0.6) is 5.75 Å². The number of anilines is 1. The third kappa shape index (κ3) is 5.60. The van der Waals surface area contributed by atoms with E-state index < -0.39 is 0 Å². The van der Waals surface area contributed by atoms with Gasteiger partial charge in [0.25, 0.3) is 0 Å². The third-order valence-electron chi connectivity index (χ3n) is 4.38. The summed E-state index contributed by atoms with van der Waals surface area (Å²) in [4.78, 5) is 12.5. The van der Waals surface area contributed by atoms with Gasteiger partial charge >= 0.3 is 0 Å². The molecule has 0 aliphatic carbocycles. The molecule has 140 valence electrons. The summed E-state index contributed by atoms with van der Waals surface area (Å²) in [5.41, 5.74) is 3.20. The predicted molar refractivity (Wildman–Crippen MR) is 108 cm³/mol. The van der Waals surface area contributed by atoms with E-state index in [1.165, 1.54) is 11.1 Å². The number of para-hydroxylation sites is 2. The van der Waals surface area contributed by atoms with Crippen LogP contribution >= 0.6 is 0 Å². The van der Waals surface area contributed by atoms with Crippen LogP contribution in [0, 0.1) is 5.92 Å². The van der Waals surface area contributed by atoms with E-state index in [4.69, 9.17) is 4.74 Å². The van der Waals surface area contributed by atoms with Gasteiger partial charge in [-0.05, 0) is 49.4 Å². The fourth-order valence-corrected chi connectivity index (χ4v) is 2.95. The molecule has 4 nitrogen and oxygen atoms in total. The maximum Gasteiger partial charge on any atom is 0.241 e. The van der Waals surface area contributed by atoms with Crippen molar-refractivity contribution in [1.82, 2.24) is 5.32 Å². The van der Waals surface area contributed by atoms with Crippen LogP contribution in [0.1, 0.15) is 44.9 Å². The number of carbonyl (C=O) groups excluding carboxylic acids is 1. The Bertz CT molecular complexity index is 710. The van der Waals surface area contributed by atoms with E-state index in [1.54, 1.807) is 7.11 Å². The Balaban J connectivity index is 1.95. The molecule has 0 spiro atoms. The van der Waals surface area contributed by atoms with Crippen molar-refractivity contribution in [2.45, 2.75) is 46.2 Å². The second-order valence-electron chi connectivity index (χ2n) is 7.14. The molecule has 2 aromatic rings. The summed E-state index contributed by atoms with van der Waals surface area (Å²) in [5, 5.41) is 6.28. The second kappa shape index (κ2) is 9.39. The number of nitrogens with one attached hydrogen (secondary N) is 2. The number of rotatable bonds is 8. The molecule has 26 heavy (non-hydrogen) atoms. The molecule has 2 rings (SSSR count). The van der Waals surface area contributed by atoms with Crippen molar-refractivity contribution in [1.29, 1.82) is 0 Å². The van der Waals surface area contributed by atoms with E-state index in [0.29, 0.717) is 17.4 Å². The number of benzene rings is 2. The summed E-state index contributed by atoms with van der Waals surface area (Å²) in [7, 11) is 1.59. The zero-order valence-electron chi connectivity index (χ0n) is 16.4. The molecule has 2 atom stereocenters. The molecule has 0 aliphatic rings. The maximum atomic E-state index is 12.5. The zero-order valence-corrected chi connectivity index (χ0v) is 16.4. The fourth-order valence-electron chi connectivity index (χ4n) is 2.95. The van der Waals surface area contributed by atoms with Crippen molar-refractivity contribution in [3.05, 3.63) is 59.7 Å². The van der Waals surface area contributed by atoms with Gasteiger partial charge in [-0.2, -0.15) is 0 Å². The summed E-state index contributed by atoms with van der Waals surface area (Å²) in [6.07, 6.45) is 1.08. The second-order valence-corrected chi connectivity index (χ2v) is 7.14. The molecule has 0 aromatic heterocycles. The van der Waals surface area contributed by atoms with E-state index in [-0.39, 0.29) is 18.0 Å². The van der Waals surface area contributed by atoms with Crippen LogP contribution in [-0.2, 0) is 11.2 Å². The Labute approximate surface area is 157 Å². The predicted octanol–water partition coefficient (Wildman–Crippen LogP) is 4.57. The Kier molecular flexibility index (Phi) is 7.22. The molecule has 0 unspecified atom stereocenters. The maximum absolute atomic E-state index is 12.5. The number of carbonyl (C=O) groups is 1. The topological polar surface area (TPSA) is 50.4 Å². The van der Waals surface area contributed by atoms with E-state index in [2.05, 4.69) is 55.7 Å². The molecular formula is C22H30N2O2. The van der Waals surface area contributed by atoms with Crippen molar-refractivity contribution in [3.63, 3.8) is 0 Å². The third-order valence-corrected chi connectivity index (χ3v) is 4.38. The molecule has 0 aliphatic heterocycles. The Morgan fingerprint density at radius 1 is 1.00 bits per heavy atom. The molecule has 0 saturated heterocycles. The van der Waals surface area contributed by atoms with Crippen molar-refractivity contribution in [2.24, 2.45) is 5.92 Å². The van der Waals surface area contributed by atoms with E-state index in [9.17, 15) is 4.79 Å². The summed E-state index contributed by atoms with van der Waals surface area (Å²) in [6, 6.07) is 15.8. The normalized spacial score (nSPS) is 13.3. The van der Waals surface area contributed by atoms with Crippen molar-refractivity contribution >= 4 is 11.6 Å². The smallest absolute Gasteiger partial charge is 0.241 e. The lowest BCUT2D eigenvalue weighted by Crippen LogP contribution is -2.39.